The molecule has 3 aromatic rings. The van der Waals surface area contributed by atoms with Crippen LogP contribution in [0.3, 0.4) is 0 Å². The van der Waals surface area contributed by atoms with Crippen LogP contribution in [0, 0.1) is 0 Å². The number of fused-ring (bicyclic) bond motifs is 1. The maximum Gasteiger partial charge on any atom is 0.262 e. The summed E-state index contributed by atoms with van der Waals surface area (Å²) in [5.41, 5.74) is 1.97. The third-order valence-corrected chi connectivity index (χ3v) is 5.20. The van der Waals surface area contributed by atoms with Gasteiger partial charge in [-0.1, -0.05) is 48.6 Å². The van der Waals surface area contributed by atoms with E-state index in [0.717, 1.165) is 13.0 Å². The molecule has 0 aliphatic rings. The van der Waals surface area contributed by atoms with E-state index in [4.69, 9.17) is 4.74 Å². The molecule has 134 valence electrons. The number of aromatic nitrogens is 1. The molecule has 3 nitrogen and oxygen atoms in total. The Morgan fingerprint density at radius 3 is 2.65 bits per heavy atom. The highest BCUT2D eigenvalue weighted by Gasteiger charge is 2.15. The molecule has 1 heterocycles. The van der Waals surface area contributed by atoms with Crippen molar-refractivity contribution in [2.75, 3.05) is 6.61 Å². The second-order valence-corrected chi connectivity index (χ2v) is 6.97. The smallest absolute Gasteiger partial charge is 0.262 e. The van der Waals surface area contributed by atoms with Crippen molar-refractivity contribution in [2.45, 2.75) is 26.8 Å². The molecule has 0 aliphatic heterocycles. The van der Waals surface area contributed by atoms with Gasteiger partial charge in [0.05, 0.1) is 12.2 Å². The highest BCUT2D eigenvalue weighted by Crippen LogP contribution is 2.26. The normalized spacial score (nSPS) is 12.2. The lowest BCUT2D eigenvalue weighted by atomic mass is 10.1. The third kappa shape index (κ3) is 3.97. The summed E-state index contributed by atoms with van der Waals surface area (Å²) in [5, 5.41) is 11.3. The van der Waals surface area contributed by atoms with Crippen LogP contribution in [0.25, 0.3) is 22.1 Å². The van der Waals surface area contributed by atoms with Crippen LogP contribution in [0.1, 0.15) is 30.8 Å². The summed E-state index contributed by atoms with van der Waals surface area (Å²) in [6.07, 6.45) is 6.94. The molecular formula is C22H24NO2S+. The van der Waals surface area contributed by atoms with Crippen LogP contribution in [0.4, 0.5) is 0 Å². The third-order valence-electron chi connectivity index (χ3n) is 4.07. The van der Waals surface area contributed by atoms with Crippen molar-refractivity contribution in [1.82, 2.24) is 0 Å². The topological polar surface area (TPSA) is 33.3 Å². The number of rotatable bonds is 7. The van der Waals surface area contributed by atoms with Gasteiger partial charge >= 0.3 is 0 Å². The van der Waals surface area contributed by atoms with Crippen LogP contribution in [-0.2, 0) is 11.3 Å². The summed E-state index contributed by atoms with van der Waals surface area (Å²) in [4.78, 5) is 0. The van der Waals surface area contributed by atoms with Crippen LogP contribution < -0.4 is 4.57 Å². The van der Waals surface area contributed by atoms with E-state index in [9.17, 15) is 5.11 Å². The summed E-state index contributed by atoms with van der Waals surface area (Å²) >= 11 is 1.77. The molecule has 0 radical (unpaired) electrons. The molecule has 26 heavy (non-hydrogen) atoms. The number of aryl methyl sites for hydroxylation is 1. The van der Waals surface area contributed by atoms with Crippen molar-refractivity contribution >= 4 is 33.4 Å². The minimum atomic E-state index is 0.230. The van der Waals surface area contributed by atoms with Crippen LogP contribution in [0.2, 0.25) is 0 Å². The Bertz CT molecular complexity index is 940. The van der Waals surface area contributed by atoms with Crippen molar-refractivity contribution in [1.29, 1.82) is 0 Å². The predicted octanol–water partition coefficient (Wildman–Crippen LogP) is 5.40. The molecular weight excluding hydrogens is 342 g/mol. The molecule has 4 heteroatoms. The number of phenolic OH excluding ortho intramolecular Hbond substituents is 1. The maximum absolute atomic E-state index is 10.1. The van der Waals surface area contributed by atoms with Crippen LogP contribution >= 0.6 is 11.3 Å². The Morgan fingerprint density at radius 1 is 1.12 bits per heavy atom. The molecule has 2 aromatic carbocycles. The number of allylic oxidation sites excluding steroid dienone is 2. The van der Waals surface area contributed by atoms with E-state index in [2.05, 4.69) is 48.8 Å². The molecule has 0 bridgehead atoms. The number of benzene rings is 2. The molecule has 0 amide bonds. The lowest BCUT2D eigenvalue weighted by Crippen LogP contribution is -2.33. The quantitative estimate of drug-likeness (QED) is 0.345. The minimum Gasteiger partial charge on any atom is -0.507 e. The van der Waals surface area contributed by atoms with Gasteiger partial charge in [-0.2, -0.15) is 4.57 Å². The van der Waals surface area contributed by atoms with Crippen LogP contribution in [0.5, 0.6) is 5.75 Å². The summed E-state index contributed by atoms with van der Waals surface area (Å²) in [7, 11) is 0. The SMILES string of the molecule is CCCOC(=CC=Cc1sc2ccccc2[n+]1CC)c1ccccc1O. The van der Waals surface area contributed by atoms with E-state index >= 15 is 0 Å². The van der Waals surface area contributed by atoms with Crippen molar-refractivity contribution in [3.05, 3.63) is 71.3 Å². The number of nitrogens with zero attached hydrogens (tertiary/aromatic N) is 1. The van der Waals surface area contributed by atoms with Gasteiger partial charge in [-0.15, -0.1) is 0 Å². The number of thiazole rings is 1. The Labute approximate surface area is 158 Å². The van der Waals surface area contributed by atoms with Crippen LogP contribution in [-0.4, -0.2) is 11.7 Å². The zero-order valence-corrected chi connectivity index (χ0v) is 16.0. The molecule has 1 aromatic heterocycles. The highest BCUT2D eigenvalue weighted by molar-refractivity contribution is 7.18. The molecule has 0 atom stereocenters. The standard InChI is InChI=1S/C22H23NO2S/c1-3-16-25-20(17-10-5-7-12-19(17)24)13-9-15-22-23(4-2)18-11-6-8-14-21(18)26-22/h5-15H,3-4,16H2,1-2H3/p+1. The summed E-state index contributed by atoms with van der Waals surface area (Å²) in [6.45, 7) is 5.77. The average Bonchev–Trinajstić information content (AvgIpc) is 3.02. The lowest BCUT2D eigenvalue weighted by molar-refractivity contribution is -0.665. The fourth-order valence-corrected chi connectivity index (χ4v) is 3.97. The van der Waals surface area contributed by atoms with E-state index < -0.39 is 0 Å². The lowest BCUT2D eigenvalue weighted by Gasteiger charge is -2.10. The molecule has 0 unspecified atom stereocenters. The molecule has 0 saturated heterocycles. The van der Waals surface area contributed by atoms with E-state index in [0.29, 0.717) is 17.9 Å². The van der Waals surface area contributed by atoms with Crippen molar-refractivity contribution in [2.24, 2.45) is 0 Å². The van der Waals surface area contributed by atoms with Gasteiger partial charge in [0.2, 0.25) is 5.52 Å². The summed E-state index contributed by atoms with van der Waals surface area (Å²) < 4.78 is 9.44. The summed E-state index contributed by atoms with van der Waals surface area (Å²) in [5.74, 6) is 0.916. The Kier molecular flexibility index (Phi) is 6.08. The van der Waals surface area contributed by atoms with Crippen molar-refractivity contribution < 1.29 is 14.4 Å². The molecule has 0 aliphatic carbocycles. The number of para-hydroxylation sites is 2. The zero-order chi connectivity index (χ0) is 18.4. The monoisotopic (exact) mass is 366 g/mol. The van der Waals surface area contributed by atoms with E-state index in [1.807, 2.05) is 30.4 Å². The van der Waals surface area contributed by atoms with Crippen LogP contribution in [0.15, 0.2) is 60.7 Å². The number of phenols is 1. The molecule has 0 saturated carbocycles. The first kappa shape index (κ1) is 18.2. The largest absolute Gasteiger partial charge is 0.507 e. The van der Waals surface area contributed by atoms with Gasteiger partial charge in [0, 0.05) is 12.1 Å². The van der Waals surface area contributed by atoms with Gasteiger partial charge in [0.25, 0.3) is 5.01 Å². The van der Waals surface area contributed by atoms with E-state index in [1.54, 1.807) is 17.4 Å². The fraction of sp³-hybridized carbons (Fsp3) is 0.227. The Hall–Kier alpha value is -2.59. The maximum atomic E-state index is 10.1. The van der Waals surface area contributed by atoms with Gasteiger partial charge in [-0.3, -0.25) is 0 Å². The molecule has 0 fully saturated rings. The summed E-state index contributed by atoms with van der Waals surface area (Å²) in [6, 6.07) is 15.7. The number of aromatic hydroxyl groups is 1. The Balaban J connectivity index is 1.93. The van der Waals surface area contributed by atoms with Gasteiger partial charge in [-0.05, 0) is 37.6 Å². The van der Waals surface area contributed by atoms with E-state index in [-0.39, 0.29) is 5.75 Å². The zero-order valence-electron chi connectivity index (χ0n) is 15.2. The number of ether oxygens (including phenoxy) is 1. The minimum absolute atomic E-state index is 0.230. The van der Waals surface area contributed by atoms with Crippen molar-refractivity contribution in [3.63, 3.8) is 0 Å². The van der Waals surface area contributed by atoms with Crippen molar-refractivity contribution in [3.8, 4) is 5.75 Å². The van der Waals surface area contributed by atoms with E-state index in [1.165, 1.54) is 15.2 Å². The first-order chi connectivity index (χ1) is 12.7. The first-order valence-corrected chi connectivity index (χ1v) is 9.77. The fourth-order valence-electron chi connectivity index (χ4n) is 2.83. The van der Waals surface area contributed by atoms with Gasteiger partial charge < -0.3 is 9.84 Å². The van der Waals surface area contributed by atoms with Gasteiger partial charge in [0.1, 0.15) is 22.8 Å². The average molecular weight is 367 g/mol. The van der Waals surface area contributed by atoms with Gasteiger partial charge in [0.15, 0.2) is 0 Å². The molecule has 3 rings (SSSR count). The molecule has 0 spiro atoms. The number of hydrogen-bond acceptors (Lipinski definition) is 3. The highest BCUT2D eigenvalue weighted by atomic mass is 32.1. The number of hydrogen-bond donors (Lipinski definition) is 1. The second kappa shape index (κ2) is 8.68. The first-order valence-electron chi connectivity index (χ1n) is 8.95. The molecule has 1 N–H and O–H groups in total. The van der Waals surface area contributed by atoms with Gasteiger partial charge in [-0.25, -0.2) is 0 Å². The second-order valence-electron chi connectivity index (χ2n) is 5.91. The predicted molar refractivity (Wildman–Crippen MR) is 109 cm³/mol. The Morgan fingerprint density at radius 2 is 1.88 bits per heavy atom.